The molecular weight excluding hydrogens is 1150 g/mol. The topological polar surface area (TPSA) is 274 Å². The maximum absolute atomic E-state index is 14.6. The molecule has 10 atom stereocenters. The van der Waals surface area contributed by atoms with Crippen molar-refractivity contribution >= 4 is 47.4 Å². The van der Waals surface area contributed by atoms with E-state index in [0.717, 1.165) is 35.2 Å². The second-order valence-corrected chi connectivity index (χ2v) is 21.6. The molecule has 30 heteroatoms. The number of aliphatic carboxylic acids is 1. The Kier molecular flexibility index (Phi) is 21.7. The van der Waals surface area contributed by atoms with Crippen LogP contribution in [-0.4, -0.2) is 133 Å². The standard InChI is InChI=1S/C52H58F9N9O10S.K/c53-50(54,55)34-21-29(22-35(51(56,57)58)32(34)14-16-42(73)63-18-17-62-41(72)8-4-3-7-40-44-37(26-81-40)64-48(78)65-44)36-24-70(69-66-36)25-39-46(77)45(76)33(20-27-9-12-30(13-10-27)49(67-68-49)52(59,60)61)47(80-39)79-19-5-1-2-6-31-28(23-43(74)75)11-15-38(31)71;/h1-2,9-10,12-14,16,21-22,24,28,31,33,37,39-40,44-47,76-77H,3-8,11,15,17-20,23,25-26H2,(H,62,72)(H,63,73)(H,74,75)(H2,64,65,78);/q;+1/p-1/b2-1-,16-14+;/t28-,31-,33+,37+,39+,40+,44+,45+,46+,47+;/m1./s1. The number of thioether (sulfide) groups is 1. The number of nitrogens with one attached hydrogen (secondary N) is 3. The van der Waals surface area contributed by atoms with Crippen LogP contribution in [-0.2, 0) is 54.8 Å². The quantitative estimate of drug-likeness (QED) is 0.0110. The minimum atomic E-state index is -5.41. The van der Waals surface area contributed by atoms with Crippen LogP contribution in [0, 0.1) is 17.8 Å². The van der Waals surface area contributed by atoms with E-state index in [1.54, 1.807) is 23.9 Å². The molecule has 5 heterocycles. The Bertz CT molecular complexity index is 2850. The number of aliphatic hydroxyl groups is 2. The molecule has 82 heavy (non-hydrogen) atoms. The van der Waals surface area contributed by atoms with Crippen LogP contribution in [0.5, 0.6) is 0 Å². The molecule has 4 fully saturated rings. The van der Waals surface area contributed by atoms with Crippen LogP contribution in [0.3, 0.4) is 0 Å². The Hall–Kier alpha value is -4.79. The molecule has 0 spiro atoms. The number of ketones is 1. The predicted molar refractivity (Wildman–Crippen MR) is 268 cm³/mol. The summed E-state index contributed by atoms with van der Waals surface area (Å²) in [7, 11) is 0. The number of hydrogen-bond acceptors (Lipinski definition) is 15. The smallest absolute Gasteiger partial charge is 0.862 e. The van der Waals surface area contributed by atoms with E-state index < -0.39 is 113 Å². The van der Waals surface area contributed by atoms with Crippen molar-refractivity contribution in [3.63, 3.8) is 0 Å². The summed E-state index contributed by atoms with van der Waals surface area (Å²) in [4.78, 5) is 51.8. The van der Waals surface area contributed by atoms with Crippen LogP contribution < -0.4 is 72.4 Å². The predicted octanol–water partition coefficient (Wildman–Crippen LogP) is 3.51. The fourth-order valence-corrected chi connectivity index (χ4v) is 12.1. The Morgan fingerprint density at radius 3 is 2.35 bits per heavy atom. The van der Waals surface area contributed by atoms with Crippen molar-refractivity contribution in [2.75, 3.05) is 25.4 Å². The summed E-state index contributed by atoms with van der Waals surface area (Å²) in [6, 6.07) is 5.68. The molecule has 5 aliphatic rings. The second kappa shape index (κ2) is 27.5. The molecule has 3 aromatic rings. The van der Waals surface area contributed by atoms with Gasteiger partial charge in [-0.05, 0) is 86.1 Å². The number of carboxylic acids is 1. The fraction of sp³-hybridized carbons (Fsp3) is 0.558. The molecule has 3 amide bonds. The summed E-state index contributed by atoms with van der Waals surface area (Å²) in [5, 5.41) is 66.8. The third-order valence-electron chi connectivity index (χ3n) is 14.8. The molecule has 2 aromatic carbocycles. The molecule has 0 radical (unpaired) electrons. The number of benzene rings is 2. The molecule has 8 rings (SSSR count). The molecule has 6 N–H and O–H groups in total. The molecule has 440 valence electrons. The van der Waals surface area contributed by atoms with Crippen LogP contribution in [0.15, 0.2) is 76.0 Å². The number of alkyl halides is 9. The van der Waals surface area contributed by atoms with Gasteiger partial charge in [0, 0.05) is 59.4 Å². The zero-order chi connectivity index (χ0) is 58.4. The number of aliphatic imine (C=N–C) groups is 1. The Balaban J connectivity index is 0.00000968. The third kappa shape index (κ3) is 16.1. The average Bonchev–Trinajstić information content (AvgIpc) is 2.05. The van der Waals surface area contributed by atoms with Crippen molar-refractivity contribution in [2.24, 2.45) is 33.0 Å². The van der Waals surface area contributed by atoms with Gasteiger partial charge >= 0.3 is 87.6 Å². The van der Waals surface area contributed by atoms with E-state index in [1.165, 1.54) is 12.1 Å². The van der Waals surface area contributed by atoms with Gasteiger partial charge in [-0.25, -0.2) is 9.48 Å². The number of aromatic nitrogens is 3. The number of allylic oxidation sites excluding steroid dienone is 1. The minimum Gasteiger partial charge on any atom is -0.862 e. The first-order valence-electron chi connectivity index (χ1n) is 26.0. The molecule has 1 aromatic heterocycles. The average molecular weight is 1210 g/mol. The van der Waals surface area contributed by atoms with Gasteiger partial charge in [-0.1, -0.05) is 48.1 Å². The van der Waals surface area contributed by atoms with E-state index in [-0.39, 0.29) is 150 Å². The van der Waals surface area contributed by atoms with Gasteiger partial charge < -0.3 is 50.8 Å². The molecule has 0 bridgehead atoms. The third-order valence-corrected chi connectivity index (χ3v) is 16.3. The maximum atomic E-state index is 14.6. The molecule has 1 aliphatic carbocycles. The van der Waals surface area contributed by atoms with Crippen LogP contribution in [0.1, 0.15) is 85.6 Å². The van der Waals surface area contributed by atoms with Crippen molar-refractivity contribution in [3.05, 3.63) is 88.6 Å². The number of carbonyl (C=O) groups excluding carboxylic acids is 3. The number of carbonyl (C=O) groups is 4. The van der Waals surface area contributed by atoms with Gasteiger partial charge in [-0.3, -0.25) is 14.4 Å². The fourth-order valence-electron chi connectivity index (χ4n) is 10.6. The van der Waals surface area contributed by atoms with Gasteiger partial charge in [0.2, 0.25) is 5.91 Å². The number of hydrogen-bond donors (Lipinski definition) is 6. The zero-order valence-corrected chi connectivity index (χ0v) is 47.9. The number of aliphatic hydroxyl groups excluding tert-OH is 2. The van der Waals surface area contributed by atoms with E-state index in [2.05, 4.69) is 41.5 Å². The summed E-state index contributed by atoms with van der Waals surface area (Å²) in [5.74, 6) is -3.67. The number of halogens is 9. The normalized spacial score (nSPS) is 26.3. The largest absolute Gasteiger partial charge is 1.00 e. The molecule has 19 nitrogen and oxygen atoms in total. The van der Waals surface area contributed by atoms with E-state index in [9.17, 15) is 79.1 Å². The summed E-state index contributed by atoms with van der Waals surface area (Å²) < 4.78 is 142. The first-order valence-corrected chi connectivity index (χ1v) is 27.1. The van der Waals surface area contributed by atoms with Gasteiger partial charge in [0.15, 0.2) is 6.29 Å². The number of unbranched alkanes of at least 4 members (excludes halogenated alkanes) is 1. The van der Waals surface area contributed by atoms with Crippen molar-refractivity contribution < 1.29 is 140 Å². The number of carboxylic acid groups (broad SMARTS) is 1. The summed E-state index contributed by atoms with van der Waals surface area (Å²) in [6.07, 6.45) is -13.5. The van der Waals surface area contributed by atoms with Gasteiger partial charge in [0.25, 0.3) is 0 Å². The van der Waals surface area contributed by atoms with E-state index >= 15 is 0 Å². The Morgan fingerprint density at radius 1 is 0.988 bits per heavy atom. The van der Waals surface area contributed by atoms with Gasteiger partial charge in [0.1, 0.15) is 23.7 Å². The van der Waals surface area contributed by atoms with E-state index in [4.69, 9.17) is 9.47 Å². The van der Waals surface area contributed by atoms with E-state index in [1.807, 2.05) is 0 Å². The van der Waals surface area contributed by atoms with Crippen LogP contribution in [0.4, 0.5) is 44.3 Å². The second-order valence-electron chi connectivity index (χ2n) is 20.4. The molecule has 0 unspecified atom stereocenters. The molecule has 4 aliphatic heterocycles. The molecule has 3 saturated heterocycles. The summed E-state index contributed by atoms with van der Waals surface area (Å²) in [5.41, 5.74) is -8.69. The van der Waals surface area contributed by atoms with Crippen molar-refractivity contribution in [1.29, 1.82) is 0 Å². The number of nitrogens with zero attached hydrogens (tertiary/aromatic N) is 6. The first-order chi connectivity index (χ1) is 38.3. The van der Waals surface area contributed by atoms with Crippen molar-refractivity contribution in [1.82, 2.24) is 30.9 Å². The SMILES string of the molecule is O=C(O)C[C@H]1CCC(=O)[C@@H]1C/C=C\CCO[C@H]1O[C@@H](Cn2cc(-c3cc(C(F)(F)F)c(/C=C/C(=O)NCCN=C([O-])CCCC[C@@H]4SC[C@@H]5NC(=O)N[C@@H]54)c(C(F)(F)F)c3)nn2)[C@H](O)[C@@H](O)[C@@H]1Cc1ccc(C2(C(F)(F)F)N=N2)cc1.[K+]. The number of ether oxygens (including phenoxy) is 2. The monoisotopic (exact) mass is 1210 g/mol. The summed E-state index contributed by atoms with van der Waals surface area (Å²) >= 11 is 1.73. The van der Waals surface area contributed by atoms with Gasteiger partial charge in [-0.15, -0.1) is 15.3 Å². The van der Waals surface area contributed by atoms with Gasteiger partial charge in [-0.2, -0.15) is 51.3 Å². The van der Waals surface area contributed by atoms with Crippen LogP contribution >= 0.6 is 11.8 Å². The van der Waals surface area contributed by atoms with E-state index in [0.29, 0.717) is 49.1 Å². The first kappa shape index (κ1) is 64.8. The number of amides is 3. The van der Waals surface area contributed by atoms with Crippen LogP contribution in [0.25, 0.3) is 17.3 Å². The maximum Gasteiger partial charge on any atom is 1.00 e. The van der Waals surface area contributed by atoms with Gasteiger partial charge in [0.05, 0.1) is 55.2 Å². The Morgan fingerprint density at radius 2 is 1.70 bits per heavy atom. The van der Waals surface area contributed by atoms with Crippen molar-refractivity contribution in [3.8, 4) is 11.3 Å². The summed E-state index contributed by atoms with van der Waals surface area (Å²) in [6.45, 7) is -1.04. The molecule has 1 saturated carbocycles. The number of urea groups is 1. The van der Waals surface area contributed by atoms with Crippen molar-refractivity contribution in [2.45, 2.75) is 137 Å². The Labute approximate surface area is 509 Å². The number of fused-ring (bicyclic) bond motifs is 1. The minimum absolute atomic E-state index is 0. The zero-order valence-electron chi connectivity index (χ0n) is 43.9. The number of Topliss-reactive ketones (excluding diaryl/α,β-unsaturated/α-hetero) is 1. The van der Waals surface area contributed by atoms with Crippen LogP contribution in [0.2, 0.25) is 0 Å². The number of rotatable bonds is 24. The molecular formula is C52H57F9KN9O10S.